The van der Waals surface area contributed by atoms with Gasteiger partial charge in [0.05, 0.1) is 0 Å². The van der Waals surface area contributed by atoms with Crippen LogP contribution in [0, 0.1) is 0 Å². The molecule has 0 aromatic rings. The third kappa shape index (κ3) is 8.27. The number of alkyl halides is 6. The molecule has 0 aliphatic carbocycles. The van der Waals surface area contributed by atoms with E-state index < -0.39 is 27.1 Å². The minimum Gasteiger partial charge on any atom is -0.274 e. The van der Waals surface area contributed by atoms with Crippen LogP contribution < -0.4 is 0 Å². The van der Waals surface area contributed by atoms with Crippen LogP contribution in [0.25, 0.3) is 0 Å². The standard InChI is InChI=1S/C3H2F7O3P/c4-2(5,6)1-12-14(10,11)13-3(7,8)9/h1H2. The van der Waals surface area contributed by atoms with Crippen LogP contribution in [0.2, 0.25) is 0 Å². The smallest absolute Gasteiger partial charge is 0.274 e. The molecule has 0 spiro atoms. The van der Waals surface area contributed by atoms with Gasteiger partial charge in [-0.25, -0.2) is 4.57 Å². The molecule has 0 heterocycles. The molecule has 14 heavy (non-hydrogen) atoms. The Morgan fingerprint density at radius 1 is 1.07 bits per heavy atom. The van der Waals surface area contributed by atoms with E-state index in [9.17, 15) is 35.1 Å². The predicted molar refractivity (Wildman–Crippen MR) is 27.9 cm³/mol. The molecule has 0 fully saturated rings. The van der Waals surface area contributed by atoms with Crippen LogP contribution in [0.15, 0.2) is 0 Å². The van der Waals surface area contributed by atoms with E-state index in [2.05, 4.69) is 9.05 Å². The van der Waals surface area contributed by atoms with Crippen molar-refractivity contribution in [1.29, 1.82) is 0 Å². The third-order valence-electron chi connectivity index (χ3n) is 0.595. The summed E-state index contributed by atoms with van der Waals surface area (Å²) >= 11 is 0. The second-order valence-corrected chi connectivity index (χ2v) is 3.16. The van der Waals surface area contributed by atoms with Crippen molar-refractivity contribution < 1.29 is 44.2 Å². The molecule has 1 unspecified atom stereocenters. The van der Waals surface area contributed by atoms with Gasteiger partial charge in [-0.1, -0.05) is 0 Å². The Morgan fingerprint density at radius 3 is 1.79 bits per heavy atom. The van der Waals surface area contributed by atoms with Gasteiger partial charge in [-0.15, -0.1) is 17.4 Å². The molecule has 1 atom stereocenters. The first-order chi connectivity index (χ1) is 5.91. The predicted octanol–water partition coefficient (Wildman–Crippen LogP) is 3.18. The van der Waals surface area contributed by atoms with Crippen molar-refractivity contribution in [3.63, 3.8) is 0 Å². The van der Waals surface area contributed by atoms with Crippen molar-refractivity contribution in [2.24, 2.45) is 0 Å². The third-order valence-corrected chi connectivity index (χ3v) is 1.46. The molecule has 0 aromatic heterocycles. The van der Waals surface area contributed by atoms with Gasteiger partial charge in [0.15, 0.2) is 6.61 Å². The summed E-state index contributed by atoms with van der Waals surface area (Å²) in [6.45, 7) is -2.43. The Labute approximate surface area is 72.4 Å². The van der Waals surface area contributed by atoms with Crippen LogP contribution in [0.4, 0.5) is 30.5 Å². The molecule has 0 saturated carbocycles. The minimum absolute atomic E-state index is 2.19. The number of rotatable bonds is 3. The van der Waals surface area contributed by atoms with Crippen LogP contribution >= 0.6 is 7.91 Å². The summed E-state index contributed by atoms with van der Waals surface area (Å²) in [6, 6.07) is 0. The summed E-state index contributed by atoms with van der Waals surface area (Å²) in [6.07, 6.45) is -10.8. The first-order valence-corrected chi connectivity index (χ1v) is 4.13. The van der Waals surface area contributed by atoms with Crippen LogP contribution in [0.3, 0.4) is 0 Å². The van der Waals surface area contributed by atoms with E-state index in [0.29, 0.717) is 0 Å². The van der Waals surface area contributed by atoms with E-state index >= 15 is 0 Å². The van der Waals surface area contributed by atoms with Crippen molar-refractivity contribution in [3.8, 4) is 0 Å². The van der Waals surface area contributed by atoms with Gasteiger partial charge in [0.1, 0.15) is 0 Å². The monoisotopic (exact) mass is 250 g/mol. The van der Waals surface area contributed by atoms with Gasteiger partial charge in [0.2, 0.25) is 0 Å². The van der Waals surface area contributed by atoms with Gasteiger partial charge in [-0.05, 0) is 0 Å². The van der Waals surface area contributed by atoms with E-state index in [-0.39, 0.29) is 0 Å². The fourth-order valence-electron chi connectivity index (χ4n) is 0.300. The second-order valence-electron chi connectivity index (χ2n) is 1.86. The SMILES string of the molecule is O=P(F)(OCC(F)(F)F)OC(F)(F)F. The van der Waals surface area contributed by atoms with E-state index in [1.54, 1.807) is 0 Å². The topological polar surface area (TPSA) is 35.5 Å². The molecule has 3 nitrogen and oxygen atoms in total. The average Bonchev–Trinajstić information content (AvgIpc) is 1.76. The summed E-state index contributed by atoms with van der Waals surface area (Å²) in [5, 5.41) is 0. The molecule has 86 valence electrons. The Hall–Kier alpha value is -0.340. The van der Waals surface area contributed by atoms with Gasteiger partial charge >= 0.3 is 20.4 Å². The van der Waals surface area contributed by atoms with Crippen LogP contribution in [0.5, 0.6) is 0 Å². The lowest BCUT2D eigenvalue weighted by molar-refractivity contribution is -0.283. The molecule has 0 rings (SSSR count). The van der Waals surface area contributed by atoms with Crippen molar-refractivity contribution in [2.45, 2.75) is 12.5 Å². The summed E-state index contributed by atoms with van der Waals surface area (Å²) in [5.41, 5.74) is 0. The largest absolute Gasteiger partial charge is 0.531 e. The van der Waals surface area contributed by atoms with Gasteiger partial charge in [-0.3, -0.25) is 4.52 Å². The summed E-state index contributed by atoms with van der Waals surface area (Å²) < 4.78 is 94.3. The van der Waals surface area contributed by atoms with Crippen LogP contribution in [0.1, 0.15) is 0 Å². The molecule has 0 bridgehead atoms. The summed E-state index contributed by atoms with van der Waals surface area (Å²) in [4.78, 5) is 0. The molecular formula is C3H2F7O3P. The van der Waals surface area contributed by atoms with Gasteiger partial charge in [0, 0.05) is 0 Å². The molecule has 11 heteroatoms. The first kappa shape index (κ1) is 13.7. The average molecular weight is 250 g/mol. The zero-order chi connectivity index (χ0) is 11.6. The Balaban J connectivity index is 4.17. The fraction of sp³-hybridized carbons (Fsp3) is 1.00. The normalized spacial score (nSPS) is 17.9. The number of hydrogen-bond acceptors (Lipinski definition) is 3. The molecule has 0 aliphatic heterocycles. The van der Waals surface area contributed by atoms with E-state index in [1.165, 1.54) is 0 Å². The minimum atomic E-state index is -6.26. The van der Waals surface area contributed by atoms with Crippen LogP contribution in [-0.4, -0.2) is 19.1 Å². The molecule has 0 N–H and O–H groups in total. The molecule has 0 amide bonds. The highest BCUT2D eigenvalue weighted by Crippen LogP contribution is 2.54. The Bertz CT molecular complexity index is 231. The van der Waals surface area contributed by atoms with E-state index in [1.807, 2.05) is 0 Å². The van der Waals surface area contributed by atoms with Crippen molar-refractivity contribution in [2.75, 3.05) is 6.61 Å². The van der Waals surface area contributed by atoms with Crippen molar-refractivity contribution in [3.05, 3.63) is 0 Å². The molecule has 0 aromatic carbocycles. The van der Waals surface area contributed by atoms with E-state index in [0.717, 1.165) is 0 Å². The summed E-state index contributed by atoms with van der Waals surface area (Å²) in [5.74, 6) is 0. The highest BCUT2D eigenvalue weighted by atomic mass is 31.2. The molecule has 0 radical (unpaired) electrons. The lowest BCUT2D eigenvalue weighted by Gasteiger charge is -2.12. The van der Waals surface area contributed by atoms with Gasteiger partial charge < -0.3 is 0 Å². The zero-order valence-corrected chi connectivity index (χ0v) is 6.92. The highest BCUT2D eigenvalue weighted by Gasteiger charge is 2.44. The molecule has 0 saturated heterocycles. The Morgan fingerprint density at radius 2 is 1.50 bits per heavy atom. The van der Waals surface area contributed by atoms with Crippen LogP contribution in [-0.2, 0) is 13.6 Å². The van der Waals surface area contributed by atoms with Gasteiger partial charge in [-0.2, -0.15) is 17.7 Å². The van der Waals surface area contributed by atoms with Crippen molar-refractivity contribution in [1.82, 2.24) is 0 Å². The maximum atomic E-state index is 12.0. The lowest BCUT2D eigenvalue weighted by atomic mass is 10.7. The highest BCUT2D eigenvalue weighted by molar-refractivity contribution is 7.48. The lowest BCUT2D eigenvalue weighted by Crippen LogP contribution is -2.18. The van der Waals surface area contributed by atoms with Crippen molar-refractivity contribution >= 4 is 7.91 Å². The number of hydrogen-bond donors (Lipinski definition) is 0. The zero-order valence-electron chi connectivity index (χ0n) is 6.02. The molecular weight excluding hydrogens is 248 g/mol. The van der Waals surface area contributed by atoms with E-state index in [4.69, 9.17) is 0 Å². The summed E-state index contributed by atoms with van der Waals surface area (Å²) in [7, 11) is -6.26. The fourth-order valence-corrected chi connectivity index (χ4v) is 0.901. The van der Waals surface area contributed by atoms with Gasteiger partial charge in [0.25, 0.3) is 0 Å². The first-order valence-electron chi connectivity index (χ1n) is 2.70. The maximum Gasteiger partial charge on any atom is 0.531 e. The molecule has 0 aliphatic rings. The number of halogens is 7. The maximum absolute atomic E-state index is 12.0. The quantitative estimate of drug-likeness (QED) is 0.570. The second kappa shape index (κ2) is 4.03. The Kier molecular flexibility index (Phi) is 3.93.